The number of hydrogen-bond donors (Lipinski definition) is 1. The van der Waals surface area contributed by atoms with E-state index in [1.165, 1.54) is 20.8 Å². The van der Waals surface area contributed by atoms with Crippen molar-refractivity contribution < 1.29 is 52.8 Å². The number of aliphatic carboxylic acids is 1. The Bertz CT molecular complexity index is 614. The predicted octanol–water partition coefficient (Wildman–Crippen LogP) is 0.324. The Morgan fingerprint density at radius 2 is 1.18 bits per heavy atom. The molecule has 11 nitrogen and oxygen atoms in total. The van der Waals surface area contributed by atoms with Gasteiger partial charge in [0.15, 0.2) is 18.3 Å². The lowest BCUT2D eigenvalue weighted by Gasteiger charge is -2.42. The summed E-state index contributed by atoms with van der Waals surface area (Å²) in [6.45, 7) is 5.49. The van der Waals surface area contributed by atoms with Crippen molar-refractivity contribution in [3.05, 3.63) is 0 Å². The highest BCUT2D eigenvalue weighted by atomic mass is 16.7. The van der Waals surface area contributed by atoms with E-state index in [4.69, 9.17) is 23.7 Å². The van der Waals surface area contributed by atoms with E-state index >= 15 is 0 Å². The lowest BCUT2D eigenvalue weighted by Crippen LogP contribution is -2.64. The number of ether oxygens (including phenoxy) is 5. The zero-order chi connectivity index (χ0) is 21.4. The van der Waals surface area contributed by atoms with Gasteiger partial charge in [-0.3, -0.25) is 19.2 Å². The van der Waals surface area contributed by atoms with Gasteiger partial charge in [-0.15, -0.1) is 0 Å². The maximum atomic E-state index is 11.9. The summed E-state index contributed by atoms with van der Waals surface area (Å²) in [6.07, 6.45) is -8.47. The second kappa shape index (κ2) is 10.6. The first-order valence-electron chi connectivity index (χ1n) is 8.78. The molecule has 158 valence electrons. The molecule has 0 aliphatic carbocycles. The summed E-state index contributed by atoms with van der Waals surface area (Å²) in [5.41, 5.74) is 0. The van der Waals surface area contributed by atoms with Crippen molar-refractivity contribution in [3.8, 4) is 0 Å². The van der Waals surface area contributed by atoms with E-state index in [1.54, 1.807) is 0 Å². The molecule has 1 aliphatic rings. The van der Waals surface area contributed by atoms with Crippen molar-refractivity contribution in [1.82, 2.24) is 0 Å². The molecule has 28 heavy (non-hydrogen) atoms. The summed E-state index contributed by atoms with van der Waals surface area (Å²) in [5, 5.41) is 9.46. The summed E-state index contributed by atoms with van der Waals surface area (Å²) in [4.78, 5) is 58.6. The molecule has 0 aromatic rings. The van der Waals surface area contributed by atoms with Crippen LogP contribution in [0.5, 0.6) is 0 Å². The Labute approximate surface area is 161 Å². The van der Waals surface area contributed by atoms with E-state index in [9.17, 15) is 29.1 Å². The van der Waals surface area contributed by atoms with Crippen molar-refractivity contribution in [2.45, 2.75) is 77.7 Å². The molecule has 11 heteroatoms. The molecule has 0 unspecified atom stereocenters. The van der Waals surface area contributed by atoms with Gasteiger partial charge in [-0.1, -0.05) is 20.8 Å². The third-order valence-electron chi connectivity index (χ3n) is 3.69. The van der Waals surface area contributed by atoms with Gasteiger partial charge in [0, 0.05) is 26.2 Å². The van der Waals surface area contributed by atoms with Crippen LogP contribution in [0.2, 0.25) is 0 Å². The summed E-state index contributed by atoms with van der Waals surface area (Å²) in [6, 6.07) is 0. The number of carboxylic acids is 1. The van der Waals surface area contributed by atoms with Crippen molar-refractivity contribution in [1.29, 1.82) is 0 Å². The van der Waals surface area contributed by atoms with Gasteiger partial charge >= 0.3 is 29.8 Å². The van der Waals surface area contributed by atoms with Crippen LogP contribution in [0.3, 0.4) is 0 Å². The molecule has 0 saturated carbocycles. The minimum atomic E-state index is -1.83. The SMILES string of the molecule is CCC(=O)O[C@@H]1[C@@H](OC(=O)CC)[C@H](OC(C)=O)O[C@H](C(=O)O)[C@H]1OC(=O)CC. The number of hydrogen-bond acceptors (Lipinski definition) is 10. The van der Waals surface area contributed by atoms with E-state index in [2.05, 4.69) is 0 Å². The van der Waals surface area contributed by atoms with Crippen LogP contribution in [-0.4, -0.2) is 65.7 Å². The predicted molar refractivity (Wildman–Crippen MR) is 88.6 cm³/mol. The molecule has 0 aromatic heterocycles. The molecular weight excluding hydrogens is 380 g/mol. The minimum absolute atomic E-state index is 0.0699. The van der Waals surface area contributed by atoms with Crippen molar-refractivity contribution in [2.24, 2.45) is 0 Å². The highest BCUT2D eigenvalue weighted by molar-refractivity contribution is 5.76. The summed E-state index contributed by atoms with van der Waals surface area (Å²) >= 11 is 0. The number of carbonyl (C=O) groups excluding carboxylic acids is 4. The van der Waals surface area contributed by atoms with Gasteiger partial charge in [-0.2, -0.15) is 0 Å². The molecule has 1 N–H and O–H groups in total. The van der Waals surface area contributed by atoms with Gasteiger partial charge in [0.05, 0.1) is 0 Å². The normalized spacial score (nSPS) is 26.6. The Balaban J connectivity index is 3.39. The maximum Gasteiger partial charge on any atom is 0.337 e. The van der Waals surface area contributed by atoms with Crippen LogP contribution in [0.1, 0.15) is 47.0 Å². The Kier molecular flexibility index (Phi) is 8.83. The minimum Gasteiger partial charge on any atom is -0.479 e. The third-order valence-corrected chi connectivity index (χ3v) is 3.69. The molecule has 0 amide bonds. The molecular formula is C17H24O11. The molecule has 1 saturated heterocycles. The number of carboxylic acid groups (broad SMARTS) is 1. The van der Waals surface area contributed by atoms with Gasteiger partial charge in [-0.25, -0.2) is 4.79 Å². The Morgan fingerprint density at radius 3 is 1.57 bits per heavy atom. The first-order valence-corrected chi connectivity index (χ1v) is 8.78. The lowest BCUT2D eigenvalue weighted by atomic mass is 9.97. The molecule has 0 aromatic carbocycles. The fourth-order valence-corrected chi connectivity index (χ4v) is 2.36. The number of esters is 4. The monoisotopic (exact) mass is 404 g/mol. The van der Waals surface area contributed by atoms with Gasteiger partial charge in [0.2, 0.25) is 12.4 Å². The largest absolute Gasteiger partial charge is 0.479 e. The zero-order valence-corrected chi connectivity index (χ0v) is 16.0. The third kappa shape index (κ3) is 6.19. The zero-order valence-electron chi connectivity index (χ0n) is 16.0. The Morgan fingerprint density at radius 1 is 0.750 bits per heavy atom. The molecule has 1 aliphatic heterocycles. The fourth-order valence-electron chi connectivity index (χ4n) is 2.36. The van der Waals surface area contributed by atoms with Crippen LogP contribution in [0.15, 0.2) is 0 Å². The molecule has 1 rings (SSSR count). The van der Waals surface area contributed by atoms with Gasteiger partial charge in [-0.05, 0) is 0 Å². The molecule has 0 spiro atoms. The van der Waals surface area contributed by atoms with Crippen LogP contribution in [0.25, 0.3) is 0 Å². The van der Waals surface area contributed by atoms with Gasteiger partial charge < -0.3 is 28.8 Å². The average molecular weight is 404 g/mol. The first kappa shape index (κ1) is 23.3. The first-order chi connectivity index (χ1) is 13.1. The quantitative estimate of drug-likeness (QED) is 0.440. The van der Waals surface area contributed by atoms with Crippen LogP contribution in [0.4, 0.5) is 0 Å². The van der Waals surface area contributed by atoms with Crippen molar-refractivity contribution >= 4 is 29.8 Å². The highest BCUT2D eigenvalue weighted by Gasteiger charge is 2.56. The average Bonchev–Trinajstić information content (AvgIpc) is 2.64. The van der Waals surface area contributed by atoms with Crippen LogP contribution in [0, 0.1) is 0 Å². The topological polar surface area (TPSA) is 152 Å². The summed E-state index contributed by atoms with van der Waals surface area (Å²) in [7, 11) is 0. The second-order valence-corrected chi connectivity index (χ2v) is 5.80. The molecule has 0 bridgehead atoms. The van der Waals surface area contributed by atoms with E-state index in [0.29, 0.717) is 0 Å². The second-order valence-electron chi connectivity index (χ2n) is 5.80. The Hall–Kier alpha value is -2.69. The lowest BCUT2D eigenvalue weighted by molar-refractivity contribution is -0.294. The van der Waals surface area contributed by atoms with Gasteiger partial charge in [0.25, 0.3) is 0 Å². The van der Waals surface area contributed by atoms with E-state index in [1.807, 2.05) is 0 Å². The number of carbonyl (C=O) groups is 5. The number of rotatable bonds is 8. The molecule has 1 heterocycles. The van der Waals surface area contributed by atoms with Crippen molar-refractivity contribution in [3.63, 3.8) is 0 Å². The summed E-state index contributed by atoms with van der Waals surface area (Å²) < 4.78 is 25.7. The standard InChI is InChI=1S/C17H24O11/c1-5-9(19)25-12-13(26-10(20)6-2)15(27-11(21)7-3)17(24-8(4)18)28-14(12)16(22)23/h12-15,17H,5-7H2,1-4H3,(H,22,23)/t12-,13-,14-,15+,17+/m0/s1. The molecule has 1 fully saturated rings. The van der Waals surface area contributed by atoms with Crippen molar-refractivity contribution in [2.75, 3.05) is 0 Å². The summed E-state index contributed by atoms with van der Waals surface area (Å²) in [5.74, 6) is -4.71. The maximum absolute atomic E-state index is 11.9. The van der Waals surface area contributed by atoms with Crippen LogP contribution in [-0.2, 0) is 47.7 Å². The van der Waals surface area contributed by atoms with Crippen LogP contribution >= 0.6 is 0 Å². The molecule has 0 radical (unpaired) electrons. The van der Waals surface area contributed by atoms with Crippen LogP contribution < -0.4 is 0 Å². The van der Waals surface area contributed by atoms with E-state index < -0.39 is 60.6 Å². The van der Waals surface area contributed by atoms with E-state index in [0.717, 1.165) is 6.92 Å². The van der Waals surface area contributed by atoms with E-state index in [-0.39, 0.29) is 19.3 Å². The smallest absolute Gasteiger partial charge is 0.337 e. The van der Waals surface area contributed by atoms with Gasteiger partial charge in [0.1, 0.15) is 0 Å². The molecule has 5 atom stereocenters. The fraction of sp³-hybridized carbons (Fsp3) is 0.706. The highest BCUT2D eigenvalue weighted by Crippen LogP contribution is 2.30.